The van der Waals surface area contributed by atoms with Gasteiger partial charge in [0.25, 0.3) is 0 Å². The van der Waals surface area contributed by atoms with Gasteiger partial charge in [-0.25, -0.2) is 4.57 Å². The second-order valence-electron chi connectivity index (χ2n) is 14.7. The van der Waals surface area contributed by atoms with E-state index in [1.165, 1.54) is 38.5 Å². The lowest BCUT2D eigenvalue weighted by molar-refractivity contribution is -0.161. The van der Waals surface area contributed by atoms with Gasteiger partial charge in [-0.05, 0) is 89.9 Å². The summed E-state index contributed by atoms with van der Waals surface area (Å²) in [6, 6.07) is 0. The third kappa shape index (κ3) is 35.6. The van der Waals surface area contributed by atoms with Crippen LogP contribution >= 0.6 is 7.82 Å². The van der Waals surface area contributed by atoms with Crippen molar-refractivity contribution in [2.75, 3.05) is 26.4 Å². The van der Waals surface area contributed by atoms with Crippen molar-refractivity contribution in [2.24, 2.45) is 0 Å². The molecule has 0 amide bonds. The first kappa shape index (κ1) is 54.9. The second-order valence-corrected chi connectivity index (χ2v) is 16.2. The van der Waals surface area contributed by atoms with E-state index < -0.39 is 51.8 Å². The number of hydrogen-bond acceptors (Lipinski definition) is 10. The van der Waals surface area contributed by atoms with Crippen molar-refractivity contribution in [2.45, 2.75) is 167 Å². The van der Waals surface area contributed by atoms with E-state index in [9.17, 15) is 24.2 Å². The fourth-order valence-electron chi connectivity index (χ4n) is 5.54. The fourth-order valence-corrected chi connectivity index (χ4v) is 6.33. The molecule has 1 rings (SSSR count). The van der Waals surface area contributed by atoms with E-state index >= 15 is 0 Å². The highest BCUT2D eigenvalue weighted by atomic mass is 31.2. The molecule has 0 aromatic heterocycles. The molecule has 1 aliphatic heterocycles. The van der Waals surface area contributed by atoms with Crippen LogP contribution in [0.3, 0.4) is 0 Å². The first-order valence-electron chi connectivity index (χ1n) is 22.3. The summed E-state index contributed by atoms with van der Waals surface area (Å²) in [5.74, 6) is -1.10. The molecule has 0 radical (unpaired) electrons. The lowest BCUT2D eigenvalue weighted by atomic mass is 10.1. The first-order chi connectivity index (χ1) is 29.2. The predicted octanol–water partition coefficient (Wildman–Crippen LogP) is 11.0. The van der Waals surface area contributed by atoms with Crippen LogP contribution in [-0.2, 0) is 37.4 Å². The number of carbonyl (C=O) groups excluding carboxylic acids is 2. The summed E-state index contributed by atoms with van der Waals surface area (Å²) in [4.78, 5) is 35.0. The molecule has 3 unspecified atom stereocenters. The number of rotatable bonds is 39. The molecule has 1 saturated heterocycles. The number of unbranched alkanes of at least 4 members (excludes halogenated alkanes) is 7. The molecule has 5 atom stereocenters. The highest BCUT2D eigenvalue weighted by molar-refractivity contribution is 7.47. The van der Waals surface area contributed by atoms with Crippen molar-refractivity contribution in [3.05, 3.63) is 97.2 Å². The number of phosphoric acid groups is 1. The van der Waals surface area contributed by atoms with E-state index in [0.717, 1.165) is 57.8 Å². The molecule has 0 aromatic rings. The van der Waals surface area contributed by atoms with Crippen molar-refractivity contribution >= 4 is 19.8 Å². The SMILES string of the molecule is CCCCC/C=C\C/C=C\C/C=C\C/C=C\C/C=C\CCC(=O)O[C@H](COC(=O)CCC/C=C\C/C=C\CC1OC1C/C=C\CCCCC)COP(=O)(O)OC[C@@H](O)CO. The maximum Gasteiger partial charge on any atom is 0.472 e. The van der Waals surface area contributed by atoms with Crippen LogP contribution in [0.5, 0.6) is 0 Å². The average molecular weight is 861 g/mol. The van der Waals surface area contributed by atoms with Crippen LogP contribution in [0.25, 0.3) is 0 Å². The van der Waals surface area contributed by atoms with Gasteiger partial charge >= 0.3 is 19.8 Å². The van der Waals surface area contributed by atoms with E-state index in [-0.39, 0.29) is 19.4 Å². The largest absolute Gasteiger partial charge is 0.472 e. The van der Waals surface area contributed by atoms with Gasteiger partial charge in [-0.2, -0.15) is 0 Å². The minimum absolute atomic E-state index is 0.0405. The molecule has 11 nitrogen and oxygen atoms in total. The quantitative estimate of drug-likeness (QED) is 0.0177. The van der Waals surface area contributed by atoms with Gasteiger partial charge in [0.1, 0.15) is 12.7 Å². The Morgan fingerprint density at radius 2 is 1.03 bits per heavy atom. The van der Waals surface area contributed by atoms with Gasteiger partial charge in [0.15, 0.2) is 6.10 Å². The minimum atomic E-state index is -4.66. The maximum absolute atomic E-state index is 12.6. The Bertz CT molecular complexity index is 1380. The highest BCUT2D eigenvalue weighted by Crippen LogP contribution is 2.43. The third-order valence-electron chi connectivity index (χ3n) is 9.13. The van der Waals surface area contributed by atoms with Crippen LogP contribution in [0.2, 0.25) is 0 Å². The van der Waals surface area contributed by atoms with Crippen molar-refractivity contribution in [1.29, 1.82) is 0 Å². The number of hydrogen-bond donors (Lipinski definition) is 3. The Hall–Kier alpha value is -3.15. The fraction of sp³-hybridized carbons (Fsp3) is 0.625. The number of aliphatic hydroxyl groups excluding tert-OH is 2. The summed E-state index contributed by atoms with van der Waals surface area (Å²) in [5.41, 5.74) is 0. The molecule has 12 heteroatoms. The topological polar surface area (TPSA) is 161 Å². The number of phosphoric ester groups is 1. The lowest BCUT2D eigenvalue weighted by Gasteiger charge is -2.20. The van der Waals surface area contributed by atoms with Crippen LogP contribution in [0.1, 0.15) is 142 Å². The molecular weight excluding hydrogens is 783 g/mol. The standard InChI is InChI=1S/C48H77O11P/c1-3-5-7-9-11-12-13-14-15-16-17-18-19-20-21-22-25-30-34-38-48(52)58-44(42-57-60(53,54)56-40-43(50)39-49)41-55-47(51)37-33-29-26-23-24-28-32-36-46-45(59-46)35-31-27-10-8-6-4-2/h11-12,14-15,17-18,20-21,23,25-28,30-32,43-46,49-50H,3-10,13,16,19,22,24,29,33-42H2,1-2H3,(H,53,54)/b12-11-,15-14-,18-17-,21-20-,26-23-,30-25-,31-27-,32-28-/t43-,44+,45?,46?/m0/s1. The summed E-state index contributed by atoms with van der Waals surface area (Å²) in [5, 5.41) is 18.3. The number of epoxide rings is 1. The van der Waals surface area contributed by atoms with Crippen LogP contribution in [0.15, 0.2) is 97.2 Å². The minimum Gasteiger partial charge on any atom is -0.462 e. The summed E-state index contributed by atoms with van der Waals surface area (Å²) < 4.78 is 38.3. The zero-order valence-electron chi connectivity index (χ0n) is 36.6. The van der Waals surface area contributed by atoms with Gasteiger partial charge in [-0.15, -0.1) is 0 Å². The van der Waals surface area contributed by atoms with E-state index in [1.54, 1.807) is 0 Å². The molecule has 1 fully saturated rings. The number of allylic oxidation sites excluding steroid dienone is 14. The Morgan fingerprint density at radius 3 is 1.57 bits per heavy atom. The van der Waals surface area contributed by atoms with Crippen molar-refractivity contribution in [1.82, 2.24) is 0 Å². The Balaban J connectivity index is 2.35. The molecular formula is C48H77O11P. The highest BCUT2D eigenvalue weighted by Gasteiger charge is 2.36. The van der Waals surface area contributed by atoms with Gasteiger partial charge in [-0.3, -0.25) is 18.6 Å². The van der Waals surface area contributed by atoms with E-state index in [4.69, 9.17) is 23.8 Å². The second kappa shape index (κ2) is 38.7. The van der Waals surface area contributed by atoms with E-state index in [1.807, 2.05) is 18.2 Å². The predicted molar refractivity (Wildman–Crippen MR) is 241 cm³/mol. The third-order valence-corrected chi connectivity index (χ3v) is 10.1. The van der Waals surface area contributed by atoms with Crippen LogP contribution < -0.4 is 0 Å². The summed E-state index contributed by atoms with van der Waals surface area (Å²) >= 11 is 0. The van der Waals surface area contributed by atoms with Gasteiger partial charge < -0.3 is 29.3 Å². The Kier molecular flexibility index (Phi) is 35.4. The number of carbonyl (C=O) groups is 2. The van der Waals surface area contributed by atoms with Crippen molar-refractivity contribution < 1.29 is 52.5 Å². The van der Waals surface area contributed by atoms with Gasteiger partial charge in [0.05, 0.1) is 32.0 Å². The van der Waals surface area contributed by atoms with Crippen molar-refractivity contribution in [3.63, 3.8) is 0 Å². The van der Waals surface area contributed by atoms with Gasteiger partial charge in [0, 0.05) is 12.8 Å². The summed E-state index contributed by atoms with van der Waals surface area (Å²) in [6.45, 7) is 2.14. The van der Waals surface area contributed by atoms with Gasteiger partial charge in [-0.1, -0.05) is 137 Å². The number of ether oxygens (including phenoxy) is 3. The van der Waals surface area contributed by atoms with Crippen LogP contribution in [0.4, 0.5) is 0 Å². The molecule has 0 aliphatic carbocycles. The summed E-state index contributed by atoms with van der Waals surface area (Å²) in [7, 11) is -4.66. The Labute approximate surface area is 361 Å². The lowest BCUT2D eigenvalue weighted by Crippen LogP contribution is -2.29. The molecule has 340 valence electrons. The molecule has 60 heavy (non-hydrogen) atoms. The molecule has 0 saturated carbocycles. The monoisotopic (exact) mass is 861 g/mol. The smallest absolute Gasteiger partial charge is 0.462 e. The molecule has 0 aromatic carbocycles. The van der Waals surface area contributed by atoms with Gasteiger partial charge in [0.2, 0.25) is 0 Å². The molecule has 1 aliphatic rings. The zero-order valence-corrected chi connectivity index (χ0v) is 37.5. The number of esters is 2. The normalized spacial score (nSPS) is 18.1. The number of aliphatic hydroxyl groups is 2. The van der Waals surface area contributed by atoms with E-state index in [2.05, 4.69) is 97.4 Å². The molecule has 1 heterocycles. The van der Waals surface area contributed by atoms with Crippen LogP contribution in [-0.4, -0.2) is 77.9 Å². The first-order valence-corrected chi connectivity index (χ1v) is 23.8. The Morgan fingerprint density at radius 1 is 0.583 bits per heavy atom. The van der Waals surface area contributed by atoms with Crippen molar-refractivity contribution in [3.8, 4) is 0 Å². The van der Waals surface area contributed by atoms with Crippen LogP contribution in [0, 0.1) is 0 Å². The molecule has 3 N–H and O–H groups in total. The average Bonchev–Trinajstić information content (AvgIpc) is 4.00. The molecule has 0 bridgehead atoms. The zero-order chi connectivity index (χ0) is 43.8. The maximum atomic E-state index is 12.6. The molecule has 0 spiro atoms. The summed E-state index contributed by atoms with van der Waals surface area (Å²) in [6.07, 6.45) is 49.9. The van der Waals surface area contributed by atoms with E-state index in [0.29, 0.717) is 31.5 Å².